The van der Waals surface area contributed by atoms with Crippen molar-refractivity contribution in [3.8, 4) is 0 Å². The topological polar surface area (TPSA) is 81.7 Å². The average Bonchev–Trinajstić information content (AvgIpc) is 3.16. The number of hydrogen-bond acceptors (Lipinski definition) is 5. The Hall–Kier alpha value is -0.920. The van der Waals surface area contributed by atoms with Crippen LogP contribution in [-0.2, 0) is 34.0 Å². The van der Waals surface area contributed by atoms with Crippen molar-refractivity contribution in [2.45, 2.75) is 63.4 Å². The molecule has 0 aromatic heterocycles. The monoisotopic (exact) mass is 366 g/mol. The summed E-state index contributed by atoms with van der Waals surface area (Å²) in [5, 5.41) is 14.3. The van der Waals surface area contributed by atoms with Gasteiger partial charge in [0, 0.05) is 12.6 Å². The van der Waals surface area contributed by atoms with Gasteiger partial charge >= 0.3 is 29.6 Å². The van der Waals surface area contributed by atoms with E-state index in [2.05, 4.69) is 23.5 Å². The van der Waals surface area contributed by atoms with Crippen LogP contribution in [0.25, 0.3) is 0 Å². The molecule has 0 bridgehead atoms. The molecule has 2 atom stereocenters. The molecular formula is C19H23N2NaO4. The molecule has 7 heteroatoms. The van der Waals surface area contributed by atoms with E-state index in [9.17, 15) is 14.7 Å². The van der Waals surface area contributed by atoms with Crippen molar-refractivity contribution in [3.05, 3.63) is 34.9 Å². The second-order valence-electron chi connectivity index (χ2n) is 7.24. The summed E-state index contributed by atoms with van der Waals surface area (Å²) in [4.78, 5) is 25.7. The molecule has 1 aromatic rings. The SMILES string of the molecule is O=C([O-])C1CCC(C(=O)NCCc2ccc3c(c2)COC3)N1C1CC1.[Na+]. The molecule has 1 aromatic carbocycles. The van der Waals surface area contributed by atoms with Gasteiger partial charge < -0.3 is 20.0 Å². The third-order valence-electron chi connectivity index (χ3n) is 5.48. The molecule has 26 heavy (non-hydrogen) atoms. The van der Waals surface area contributed by atoms with E-state index in [1.54, 1.807) is 0 Å². The number of fused-ring (bicyclic) bond motifs is 1. The second kappa shape index (κ2) is 8.40. The Morgan fingerprint density at radius 1 is 1.12 bits per heavy atom. The number of carboxylic acid groups (broad SMARTS) is 1. The maximum absolute atomic E-state index is 12.5. The van der Waals surface area contributed by atoms with Gasteiger partial charge in [-0.05, 0) is 48.8 Å². The van der Waals surface area contributed by atoms with Crippen molar-refractivity contribution in [1.29, 1.82) is 0 Å². The Morgan fingerprint density at radius 3 is 2.58 bits per heavy atom. The molecule has 0 spiro atoms. The zero-order chi connectivity index (χ0) is 17.4. The quantitative estimate of drug-likeness (QED) is 0.547. The normalized spacial score (nSPS) is 24.8. The molecule has 6 nitrogen and oxygen atoms in total. The third-order valence-corrected chi connectivity index (χ3v) is 5.48. The number of amides is 1. The van der Waals surface area contributed by atoms with Gasteiger partial charge in [-0.3, -0.25) is 9.69 Å². The van der Waals surface area contributed by atoms with Gasteiger partial charge in [0.2, 0.25) is 5.91 Å². The number of carbonyl (C=O) groups is 2. The van der Waals surface area contributed by atoms with Gasteiger partial charge in [-0.2, -0.15) is 0 Å². The first-order chi connectivity index (χ1) is 12.1. The molecule has 2 unspecified atom stereocenters. The van der Waals surface area contributed by atoms with Crippen molar-refractivity contribution in [1.82, 2.24) is 10.2 Å². The number of likely N-dealkylation sites (tertiary alicyclic amines) is 1. The van der Waals surface area contributed by atoms with E-state index < -0.39 is 12.0 Å². The second-order valence-corrected chi connectivity index (χ2v) is 7.24. The van der Waals surface area contributed by atoms with Gasteiger partial charge in [0.1, 0.15) is 0 Å². The third kappa shape index (κ3) is 4.15. The van der Waals surface area contributed by atoms with E-state index in [0.717, 1.165) is 19.3 Å². The summed E-state index contributed by atoms with van der Waals surface area (Å²) in [6, 6.07) is 5.61. The van der Waals surface area contributed by atoms with Crippen LogP contribution < -0.4 is 40.0 Å². The van der Waals surface area contributed by atoms with Crippen LogP contribution in [0.1, 0.15) is 42.4 Å². The summed E-state index contributed by atoms with van der Waals surface area (Å²) >= 11 is 0. The van der Waals surface area contributed by atoms with Gasteiger partial charge in [0.05, 0.1) is 31.3 Å². The van der Waals surface area contributed by atoms with Gasteiger partial charge in [0.15, 0.2) is 0 Å². The van der Waals surface area contributed by atoms with Crippen LogP contribution in [0.5, 0.6) is 0 Å². The molecule has 0 radical (unpaired) electrons. The fourth-order valence-electron chi connectivity index (χ4n) is 4.05. The number of hydrogen-bond donors (Lipinski definition) is 1. The maximum Gasteiger partial charge on any atom is 1.00 e. The summed E-state index contributed by atoms with van der Waals surface area (Å²) in [6.45, 7) is 1.91. The van der Waals surface area contributed by atoms with Crippen molar-refractivity contribution >= 4 is 11.9 Å². The number of ether oxygens (including phenoxy) is 1. The molecule has 1 aliphatic carbocycles. The predicted octanol–water partition coefficient (Wildman–Crippen LogP) is -2.88. The van der Waals surface area contributed by atoms with Crippen LogP contribution in [0, 0.1) is 0 Å². The van der Waals surface area contributed by atoms with Gasteiger partial charge in [-0.25, -0.2) is 0 Å². The number of carboxylic acids is 1. The van der Waals surface area contributed by atoms with Gasteiger partial charge in [0.25, 0.3) is 0 Å². The minimum Gasteiger partial charge on any atom is -0.548 e. The first kappa shape index (κ1) is 19.8. The Morgan fingerprint density at radius 2 is 1.85 bits per heavy atom. The number of nitrogens with one attached hydrogen (secondary N) is 1. The molecule has 1 saturated heterocycles. The Balaban J connectivity index is 0.00000196. The number of benzene rings is 1. The van der Waals surface area contributed by atoms with Gasteiger partial charge in [-0.15, -0.1) is 0 Å². The summed E-state index contributed by atoms with van der Waals surface area (Å²) in [6.07, 6.45) is 3.81. The van der Waals surface area contributed by atoms with E-state index >= 15 is 0 Å². The Labute approximate surface area is 175 Å². The Bertz CT molecular complexity index is 692. The Kier molecular flexibility index (Phi) is 6.41. The fourth-order valence-corrected chi connectivity index (χ4v) is 4.05. The van der Waals surface area contributed by atoms with Crippen molar-refractivity contribution in [3.63, 3.8) is 0 Å². The summed E-state index contributed by atoms with van der Waals surface area (Å²) in [7, 11) is 0. The molecule has 1 N–H and O–H groups in total. The standard InChI is InChI=1S/C19H24N2O4.Na/c22-18(16-5-6-17(19(23)24)21(16)15-3-4-15)20-8-7-12-1-2-13-10-25-11-14(13)9-12;/h1-2,9,15-17H,3-8,10-11H2,(H,20,22)(H,23,24);/q;+1/p-1. The summed E-state index contributed by atoms with van der Waals surface area (Å²) in [5.41, 5.74) is 3.66. The zero-order valence-corrected chi connectivity index (χ0v) is 17.2. The van der Waals surface area contributed by atoms with Gasteiger partial charge in [-0.1, -0.05) is 18.2 Å². The van der Waals surface area contributed by atoms with Crippen LogP contribution in [0.2, 0.25) is 0 Å². The number of aliphatic carboxylic acids is 1. The average molecular weight is 366 g/mol. The fraction of sp³-hybridized carbons (Fsp3) is 0.579. The first-order valence-corrected chi connectivity index (χ1v) is 9.08. The van der Waals surface area contributed by atoms with Crippen molar-refractivity contribution in [2.24, 2.45) is 0 Å². The molecule has 2 heterocycles. The molecule has 2 fully saturated rings. The maximum atomic E-state index is 12.5. The number of nitrogens with zero attached hydrogens (tertiary/aromatic N) is 1. The van der Waals surface area contributed by atoms with E-state index in [1.165, 1.54) is 16.7 Å². The van der Waals surface area contributed by atoms with Crippen LogP contribution in [-0.4, -0.2) is 41.4 Å². The van der Waals surface area contributed by atoms with Crippen LogP contribution in [0.3, 0.4) is 0 Å². The predicted molar refractivity (Wildman–Crippen MR) is 88.3 cm³/mol. The summed E-state index contributed by atoms with van der Waals surface area (Å²) in [5.74, 6) is -1.11. The summed E-state index contributed by atoms with van der Waals surface area (Å²) < 4.78 is 5.42. The largest absolute Gasteiger partial charge is 1.00 e. The molecule has 4 rings (SSSR count). The number of rotatable bonds is 6. The smallest absolute Gasteiger partial charge is 0.548 e. The van der Waals surface area contributed by atoms with Crippen molar-refractivity contribution in [2.75, 3.05) is 6.54 Å². The number of carbonyl (C=O) groups excluding carboxylic acids is 2. The first-order valence-electron chi connectivity index (χ1n) is 9.08. The van der Waals surface area contributed by atoms with Crippen LogP contribution >= 0.6 is 0 Å². The molecular weight excluding hydrogens is 343 g/mol. The van der Waals surface area contributed by atoms with E-state index in [4.69, 9.17) is 4.74 Å². The van der Waals surface area contributed by atoms with E-state index in [0.29, 0.717) is 32.6 Å². The molecule has 2 aliphatic heterocycles. The van der Waals surface area contributed by atoms with E-state index in [-0.39, 0.29) is 47.5 Å². The molecule has 3 aliphatic rings. The molecule has 1 amide bonds. The molecule has 1 saturated carbocycles. The minimum atomic E-state index is -1.05. The zero-order valence-electron chi connectivity index (χ0n) is 15.2. The van der Waals surface area contributed by atoms with Crippen LogP contribution in [0.4, 0.5) is 0 Å². The minimum absolute atomic E-state index is 0. The van der Waals surface area contributed by atoms with E-state index in [1.807, 2.05) is 4.90 Å². The van der Waals surface area contributed by atoms with Crippen LogP contribution in [0.15, 0.2) is 18.2 Å². The molecule has 134 valence electrons. The van der Waals surface area contributed by atoms with Crippen molar-refractivity contribution < 1.29 is 49.0 Å².